The molecule has 0 saturated carbocycles. The van der Waals surface area contributed by atoms with Gasteiger partial charge in [0.2, 0.25) is 0 Å². The number of nitrogens with one attached hydrogen (secondary N) is 1. The second-order valence-corrected chi connectivity index (χ2v) is 6.09. The van der Waals surface area contributed by atoms with Gasteiger partial charge in [0, 0.05) is 15.7 Å². The predicted molar refractivity (Wildman–Crippen MR) is 79.5 cm³/mol. The van der Waals surface area contributed by atoms with Crippen LogP contribution in [0.5, 0.6) is 0 Å². The molecule has 1 atom stereocenters. The highest BCUT2D eigenvalue weighted by Crippen LogP contribution is 2.31. The zero-order valence-corrected chi connectivity index (χ0v) is 12.8. The van der Waals surface area contributed by atoms with Crippen LogP contribution in [0.2, 0.25) is 10.0 Å². The van der Waals surface area contributed by atoms with Crippen molar-refractivity contribution in [1.29, 1.82) is 5.26 Å². The third-order valence-corrected chi connectivity index (χ3v) is 4.47. The lowest BCUT2D eigenvalue weighted by molar-refractivity contribution is 0.493. The van der Waals surface area contributed by atoms with E-state index in [1.54, 1.807) is 23.9 Å². The maximum atomic E-state index is 9.23. The Labute approximate surface area is 123 Å². The lowest BCUT2D eigenvalue weighted by Crippen LogP contribution is -2.43. The largest absolute Gasteiger partial charge is 0.299 e. The van der Waals surface area contributed by atoms with Gasteiger partial charge in [-0.25, -0.2) is 0 Å². The minimum atomic E-state index is -0.549. The van der Waals surface area contributed by atoms with E-state index in [2.05, 4.69) is 18.3 Å². The zero-order valence-electron chi connectivity index (χ0n) is 10.5. The minimum absolute atomic E-state index is 0.549. The van der Waals surface area contributed by atoms with E-state index >= 15 is 0 Å². The van der Waals surface area contributed by atoms with Gasteiger partial charge < -0.3 is 0 Å². The predicted octanol–water partition coefficient (Wildman–Crippen LogP) is 4.37. The molecule has 0 fully saturated rings. The molecule has 0 aromatic heterocycles. The number of hydrogen-bond donors (Lipinski definition) is 1. The van der Waals surface area contributed by atoms with Crippen LogP contribution in [0.4, 0.5) is 0 Å². The average Bonchev–Trinajstić information content (AvgIpc) is 2.37. The van der Waals surface area contributed by atoms with Gasteiger partial charge >= 0.3 is 0 Å². The maximum Gasteiger partial charge on any atom is 0.113 e. The summed E-state index contributed by atoms with van der Waals surface area (Å²) in [5.74, 6) is 0.629. The molecule has 0 radical (unpaired) electrons. The molecule has 5 heteroatoms. The number of nitrogens with zero attached hydrogens (tertiary/aromatic N) is 1. The number of benzene rings is 1. The normalized spacial score (nSPS) is 13.9. The summed E-state index contributed by atoms with van der Waals surface area (Å²) < 4.78 is 0. The fourth-order valence-corrected chi connectivity index (χ4v) is 2.88. The molecule has 1 aromatic carbocycles. The highest BCUT2D eigenvalue weighted by Gasteiger charge is 2.23. The fourth-order valence-electron chi connectivity index (χ4n) is 1.33. The highest BCUT2D eigenvalue weighted by molar-refractivity contribution is 7.99. The van der Waals surface area contributed by atoms with Gasteiger partial charge in [-0.3, -0.25) is 5.32 Å². The molecule has 0 bridgehead atoms. The molecule has 0 aliphatic rings. The summed E-state index contributed by atoms with van der Waals surface area (Å²) in [4.78, 5) is 0.906. The van der Waals surface area contributed by atoms with Crippen molar-refractivity contribution in [3.05, 3.63) is 28.2 Å². The quantitative estimate of drug-likeness (QED) is 0.793. The van der Waals surface area contributed by atoms with Gasteiger partial charge in [0.25, 0.3) is 0 Å². The van der Waals surface area contributed by atoms with Gasteiger partial charge in [0.05, 0.1) is 11.1 Å². The van der Waals surface area contributed by atoms with Gasteiger partial charge in [-0.2, -0.15) is 5.26 Å². The molecule has 18 heavy (non-hydrogen) atoms. The average molecular weight is 303 g/mol. The van der Waals surface area contributed by atoms with Crippen LogP contribution in [-0.2, 0) is 0 Å². The second-order valence-electron chi connectivity index (χ2n) is 4.23. The molecule has 1 unspecified atom stereocenters. The Balaban J connectivity index is 2.68. The second kappa shape index (κ2) is 7.25. The number of thioether (sulfide) groups is 1. The first-order valence-electron chi connectivity index (χ1n) is 5.75. The van der Waals surface area contributed by atoms with E-state index in [4.69, 9.17) is 23.2 Å². The first-order valence-corrected chi connectivity index (χ1v) is 7.49. The minimum Gasteiger partial charge on any atom is -0.299 e. The summed E-state index contributed by atoms with van der Waals surface area (Å²) in [6, 6.07) is 7.67. The Morgan fingerprint density at radius 3 is 2.78 bits per heavy atom. The molecule has 0 amide bonds. The Kier molecular flexibility index (Phi) is 6.31. The van der Waals surface area contributed by atoms with Gasteiger partial charge in [-0.05, 0) is 38.1 Å². The van der Waals surface area contributed by atoms with Crippen LogP contribution in [0.1, 0.15) is 20.3 Å². The Bertz CT molecular complexity index is 445. The van der Waals surface area contributed by atoms with Crippen LogP contribution < -0.4 is 5.32 Å². The first-order chi connectivity index (χ1) is 8.50. The lowest BCUT2D eigenvalue weighted by atomic mass is 10.1. The molecule has 0 spiro atoms. The lowest BCUT2D eigenvalue weighted by Gasteiger charge is -2.22. The number of rotatable bonds is 6. The van der Waals surface area contributed by atoms with E-state index in [1.165, 1.54) is 0 Å². The van der Waals surface area contributed by atoms with Crippen molar-refractivity contribution in [1.82, 2.24) is 5.32 Å². The van der Waals surface area contributed by atoms with Crippen molar-refractivity contribution < 1.29 is 0 Å². The number of halogens is 2. The van der Waals surface area contributed by atoms with Crippen molar-refractivity contribution in [2.24, 2.45) is 0 Å². The van der Waals surface area contributed by atoms with Crippen LogP contribution in [0.15, 0.2) is 23.1 Å². The van der Waals surface area contributed by atoms with Gasteiger partial charge in [0.15, 0.2) is 0 Å². The van der Waals surface area contributed by atoms with Crippen molar-refractivity contribution in [3.63, 3.8) is 0 Å². The molecule has 98 valence electrons. The molecule has 1 rings (SSSR count). The van der Waals surface area contributed by atoms with Crippen LogP contribution in [0.3, 0.4) is 0 Å². The van der Waals surface area contributed by atoms with Crippen molar-refractivity contribution in [2.45, 2.75) is 30.7 Å². The Hall–Kier alpha value is -0.400. The molecule has 0 aliphatic carbocycles. The first kappa shape index (κ1) is 15.7. The zero-order chi connectivity index (χ0) is 13.6. The number of nitriles is 1. The monoisotopic (exact) mass is 302 g/mol. The molecule has 0 saturated heterocycles. The third kappa shape index (κ3) is 4.70. The Morgan fingerprint density at radius 2 is 2.17 bits per heavy atom. The van der Waals surface area contributed by atoms with Crippen molar-refractivity contribution >= 4 is 35.0 Å². The SMILES string of the molecule is CCCNC(C)(C#N)CSc1cc(Cl)ccc1Cl. The van der Waals surface area contributed by atoms with Crippen molar-refractivity contribution in [2.75, 3.05) is 12.3 Å². The summed E-state index contributed by atoms with van der Waals surface area (Å²) in [7, 11) is 0. The summed E-state index contributed by atoms with van der Waals surface area (Å²) in [5.41, 5.74) is -0.549. The van der Waals surface area contributed by atoms with Crippen molar-refractivity contribution in [3.8, 4) is 6.07 Å². The van der Waals surface area contributed by atoms with E-state index in [0.29, 0.717) is 15.8 Å². The van der Waals surface area contributed by atoms with Crippen LogP contribution in [-0.4, -0.2) is 17.8 Å². The van der Waals surface area contributed by atoms with E-state index in [1.807, 2.05) is 13.0 Å². The van der Waals surface area contributed by atoms with Gasteiger partial charge in [0.1, 0.15) is 5.54 Å². The summed E-state index contributed by atoms with van der Waals surface area (Å²) in [6.07, 6.45) is 1.000. The van der Waals surface area contributed by atoms with E-state index in [9.17, 15) is 5.26 Å². The topological polar surface area (TPSA) is 35.8 Å². The standard InChI is InChI=1S/C13H16Cl2N2S/c1-3-6-17-13(2,8-16)9-18-12-7-10(14)4-5-11(12)15/h4-5,7,17H,3,6,9H2,1-2H3. The van der Waals surface area contributed by atoms with E-state index < -0.39 is 5.54 Å². The molecule has 2 nitrogen and oxygen atoms in total. The maximum absolute atomic E-state index is 9.23. The smallest absolute Gasteiger partial charge is 0.113 e. The molecule has 1 N–H and O–H groups in total. The van der Waals surface area contributed by atoms with E-state index in [-0.39, 0.29) is 0 Å². The van der Waals surface area contributed by atoms with Crippen LogP contribution in [0.25, 0.3) is 0 Å². The summed E-state index contributed by atoms with van der Waals surface area (Å²) in [5, 5.41) is 13.8. The molecule has 1 aromatic rings. The number of hydrogen-bond acceptors (Lipinski definition) is 3. The fraction of sp³-hybridized carbons (Fsp3) is 0.462. The van der Waals surface area contributed by atoms with E-state index in [0.717, 1.165) is 17.9 Å². The van der Waals surface area contributed by atoms with Gasteiger partial charge in [-0.1, -0.05) is 30.1 Å². The van der Waals surface area contributed by atoms with Crippen LogP contribution >= 0.6 is 35.0 Å². The highest BCUT2D eigenvalue weighted by atomic mass is 35.5. The molecule has 0 heterocycles. The molecule has 0 aliphatic heterocycles. The third-order valence-electron chi connectivity index (χ3n) is 2.42. The van der Waals surface area contributed by atoms with Gasteiger partial charge in [-0.15, -0.1) is 11.8 Å². The molecular formula is C13H16Cl2N2S. The summed E-state index contributed by atoms with van der Waals surface area (Å²) >= 11 is 13.6. The summed E-state index contributed by atoms with van der Waals surface area (Å²) in [6.45, 7) is 4.80. The van der Waals surface area contributed by atoms with Crippen LogP contribution in [0, 0.1) is 11.3 Å². The Morgan fingerprint density at radius 1 is 1.44 bits per heavy atom. The molecular weight excluding hydrogens is 287 g/mol.